The van der Waals surface area contributed by atoms with Gasteiger partial charge in [-0.25, -0.2) is 4.39 Å². The highest BCUT2D eigenvalue weighted by Crippen LogP contribution is 2.46. The third-order valence-corrected chi connectivity index (χ3v) is 3.98. The summed E-state index contributed by atoms with van der Waals surface area (Å²) in [5.74, 6) is -0.569. The number of halogens is 1. The van der Waals surface area contributed by atoms with Crippen molar-refractivity contribution in [2.75, 3.05) is 5.32 Å². The molecule has 0 saturated carbocycles. The van der Waals surface area contributed by atoms with Crippen LogP contribution in [-0.2, 0) is 10.2 Å². The van der Waals surface area contributed by atoms with E-state index in [2.05, 4.69) is 15.3 Å². The maximum Gasteiger partial charge on any atom is 0.247 e. The Morgan fingerprint density at radius 3 is 2.19 bits per heavy atom. The van der Waals surface area contributed by atoms with Crippen LogP contribution in [0.5, 0.6) is 0 Å². The number of nitrogens with one attached hydrogen (secondary N) is 3. The molecule has 0 unspecified atom stereocenters. The molecule has 2 aromatic heterocycles. The lowest BCUT2D eigenvalue weighted by Gasteiger charge is -2.25. The van der Waals surface area contributed by atoms with Gasteiger partial charge in [-0.3, -0.25) is 4.79 Å². The molecule has 0 radical (unpaired) electrons. The summed E-state index contributed by atoms with van der Waals surface area (Å²) in [7, 11) is 0. The molecule has 0 bridgehead atoms. The van der Waals surface area contributed by atoms with E-state index >= 15 is 0 Å². The molecular formula is C16H12FN3O. The minimum atomic E-state index is -1.08. The topological polar surface area (TPSA) is 60.7 Å². The molecule has 0 fully saturated rings. The van der Waals surface area contributed by atoms with Gasteiger partial charge in [0.2, 0.25) is 5.91 Å². The summed E-state index contributed by atoms with van der Waals surface area (Å²) >= 11 is 0. The van der Waals surface area contributed by atoms with Gasteiger partial charge in [0.25, 0.3) is 0 Å². The average molecular weight is 281 g/mol. The molecule has 1 aromatic carbocycles. The molecule has 0 spiro atoms. The van der Waals surface area contributed by atoms with Crippen LogP contribution >= 0.6 is 0 Å². The van der Waals surface area contributed by atoms with Gasteiger partial charge >= 0.3 is 0 Å². The van der Waals surface area contributed by atoms with Crippen molar-refractivity contribution in [3.05, 3.63) is 77.6 Å². The van der Waals surface area contributed by atoms with Crippen LogP contribution in [0, 0.1) is 5.82 Å². The van der Waals surface area contributed by atoms with Gasteiger partial charge in [-0.2, -0.15) is 0 Å². The highest BCUT2D eigenvalue weighted by atomic mass is 19.1. The number of aromatic nitrogens is 2. The lowest BCUT2D eigenvalue weighted by molar-refractivity contribution is -0.118. The number of rotatable bonds is 2. The maximum atomic E-state index is 13.8. The Balaban J connectivity index is 2.10. The number of fused-ring (bicyclic) bond motifs is 1. The first-order valence-corrected chi connectivity index (χ1v) is 6.62. The van der Waals surface area contributed by atoms with Crippen molar-refractivity contribution in [1.29, 1.82) is 0 Å². The van der Waals surface area contributed by atoms with Crippen molar-refractivity contribution < 1.29 is 9.18 Å². The van der Waals surface area contributed by atoms with E-state index in [0.29, 0.717) is 22.6 Å². The number of aromatic amines is 2. The second kappa shape index (κ2) is 4.09. The van der Waals surface area contributed by atoms with Gasteiger partial charge in [-0.1, -0.05) is 0 Å². The van der Waals surface area contributed by atoms with Gasteiger partial charge in [0, 0.05) is 35.0 Å². The Bertz CT molecular complexity index is 772. The van der Waals surface area contributed by atoms with Crippen molar-refractivity contribution in [2.45, 2.75) is 5.41 Å². The molecule has 1 aliphatic rings. The molecule has 1 amide bonds. The number of amides is 1. The Kier molecular flexibility index (Phi) is 2.33. The van der Waals surface area contributed by atoms with Gasteiger partial charge < -0.3 is 15.3 Å². The number of H-pyrrole nitrogens is 2. The molecule has 3 aromatic rings. The van der Waals surface area contributed by atoms with Crippen molar-refractivity contribution in [3.8, 4) is 0 Å². The molecule has 5 heteroatoms. The minimum absolute atomic E-state index is 0.201. The number of benzene rings is 1. The highest BCUT2D eigenvalue weighted by molar-refractivity contribution is 6.10. The zero-order valence-corrected chi connectivity index (χ0v) is 11.0. The van der Waals surface area contributed by atoms with Crippen molar-refractivity contribution in [2.24, 2.45) is 0 Å². The molecule has 0 saturated heterocycles. The number of hydrogen-bond donors (Lipinski definition) is 3. The molecule has 4 rings (SSSR count). The second-order valence-electron chi connectivity index (χ2n) is 5.06. The lowest BCUT2D eigenvalue weighted by atomic mass is 9.76. The number of anilines is 1. The predicted octanol–water partition coefficient (Wildman–Crippen LogP) is 2.77. The third kappa shape index (κ3) is 1.45. The quantitative estimate of drug-likeness (QED) is 0.664. The molecule has 0 aliphatic carbocycles. The fourth-order valence-electron chi connectivity index (χ4n) is 3.08. The van der Waals surface area contributed by atoms with E-state index in [-0.39, 0.29) is 11.7 Å². The smallest absolute Gasteiger partial charge is 0.247 e. The molecule has 0 atom stereocenters. The van der Waals surface area contributed by atoms with Crippen LogP contribution < -0.4 is 5.32 Å². The van der Waals surface area contributed by atoms with Gasteiger partial charge in [0.05, 0.1) is 0 Å². The summed E-state index contributed by atoms with van der Waals surface area (Å²) in [5, 5.41) is 2.85. The van der Waals surface area contributed by atoms with E-state index in [1.165, 1.54) is 12.1 Å². The largest absolute Gasteiger partial charge is 0.363 e. The average Bonchev–Trinajstić information content (AvgIpc) is 3.17. The Hall–Kier alpha value is -2.82. The molecule has 1 aliphatic heterocycles. The van der Waals surface area contributed by atoms with E-state index in [1.54, 1.807) is 18.5 Å². The molecular weight excluding hydrogens is 269 g/mol. The van der Waals surface area contributed by atoms with Crippen molar-refractivity contribution in [3.63, 3.8) is 0 Å². The van der Waals surface area contributed by atoms with Crippen LogP contribution in [0.25, 0.3) is 0 Å². The summed E-state index contributed by atoms with van der Waals surface area (Å²) < 4.78 is 13.8. The van der Waals surface area contributed by atoms with Crippen molar-refractivity contribution in [1.82, 2.24) is 9.97 Å². The van der Waals surface area contributed by atoms with E-state index in [9.17, 15) is 9.18 Å². The van der Waals surface area contributed by atoms with Crippen LogP contribution in [-0.4, -0.2) is 15.9 Å². The van der Waals surface area contributed by atoms with Crippen LogP contribution in [0.4, 0.5) is 10.1 Å². The summed E-state index contributed by atoms with van der Waals surface area (Å²) in [5.41, 5.74) is 1.56. The van der Waals surface area contributed by atoms with E-state index < -0.39 is 5.41 Å². The Morgan fingerprint density at radius 1 is 0.952 bits per heavy atom. The van der Waals surface area contributed by atoms with E-state index in [1.807, 2.05) is 24.3 Å². The Morgan fingerprint density at radius 2 is 1.62 bits per heavy atom. The summed E-state index contributed by atoms with van der Waals surface area (Å²) in [4.78, 5) is 19.0. The van der Waals surface area contributed by atoms with Crippen LogP contribution in [0.1, 0.15) is 17.0 Å². The minimum Gasteiger partial charge on any atom is -0.363 e. The molecule has 3 N–H and O–H groups in total. The highest BCUT2D eigenvalue weighted by Gasteiger charge is 2.51. The molecule has 21 heavy (non-hydrogen) atoms. The van der Waals surface area contributed by atoms with Gasteiger partial charge in [0.15, 0.2) is 5.41 Å². The second-order valence-corrected chi connectivity index (χ2v) is 5.06. The normalized spacial score (nSPS) is 15.8. The fourth-order valence-corrected chi connectivity index (χ4v) is 3.08. The molecule has 4 nitrogen and oxygen atoms in total. The first-order chi connectivity index (χ1) is 10.2. The lowest BCUT2D eigenvalue weighted by Crippen LogP contribution is -2.37. The molecule has 104 valence electrons. The standard InChI is InChI=1S/C16H12FN3O/c17-10-5-6-12-11(9-10)16(15(21)20-12,13-3-1-7-18-13)14-4-2-8-19-14/h1-9,18-19H,(H,20,21). The summed E-state index contributed by atoms with van der Waals surface area (Å²) in [6.07, 6.45) is 3.51. The van der Waals surface area contributed by atoms with Crippen LogP contribution in [0.3, 0.4) is 0 Å². The monoisotopic (exact) mass is 281 g/mol. The predicted molar refractivity (Wildman–Crippen MR) is 76.5 cm³/mol. The first kappa shape index (κ1) is 12.0. The summed E-state index contributed by atoms with van der Waals surface area (Å²) in [6, 6.07) is 11.7. The van der Waals surface area contributed by atoms with E-state index in [4.69, 9.17) is 0 Å². The van der Waals surface area contributed by atoms with E-state index in [0.717, 1.165) is 0 Å². The zero-order chi connectivity index (χ0) is 14.4. The van der Waals surface area contributed by atoms with Gasteiger partial charge in [0.1, 0.15) is 5.82 Å². The summed E-state index contributed by atoms with van der Waals surface area (Å²) in [6.45, 7) is 0. The van der Waals surface area contributed by atoms with Crippen LogP contribution in [0.2, 0.25) is 0 Å². The van der Waals surface area contributed by atoms with Gasteiger partial charge in [-0.15, -0.1) is 0 Å². The number of hydrogen-bond acceptors (Lipinski definition) is 1. The first-order valence-electron chi connectivity index (χ1n) is 6.62. The van der Waals surface area contributed by atoms with Crippen molar-refractivity contribution >= 4 is 11.6 Å². The number of carbonyl (C=O) groups excluding carboxylic acids is 1. The SMILES string of the molecule is O=C1Nc2ccc(F)cc2C1(c1ccc[nH]1)c1ccc[nH]1. The van der Waals surface area contributed by atoms with Crippen LogP contribution in [0.15, 0.2) is 54.9 Å². The third-order valence-electron chi connectivity index (χ3n) is 3.98. The fraction of sp³-hybridized carbons (Fsp3) is 0.0625. The Labute approximate surface area is 120 Å². The zero-order valence-electron chi connectivity index (χ0n) is 11.0. The number of carbonyl (C=O) groups is 1. The van der Waals surface area contributed by atoms with Gasteiger partial charge in [-0.05, 0) is 42.5 Å². The molecule has 3 heterocycles. The maximum absolute atomic E-state index is 13.8.